The molecule has 224 valence electrons. The molecule has 0 aliphatic heterocycles. The molecule has 0 saturated heterocycles. The van der Waals surface area contributed by atoms with Crippen molar-refractivity contribution < 1.29 is 13.9 Å². The molecule has 2 aromatic carbocycles. The summed E-state index contributed by atoms with van der Waals surface area (Å²) < 4.78 is 25.8. The smallest absolute Gasteiger partial charge is 0.159 e. The minimum atomic E-state index is -0.919. The van der Waals surface area contributed by atoms with E-state index < -0.39 is 6.17 Å². The fourth-order valence-electron chi connectivity index (χ4n) is 4.91. The molecule has 0 fully saturated rings. The van der Waals surface area contributed by atoms with Gasteiger partial charge in [-0.2, -0.15) is 0 Å². The number of ether oxygens (including phenoxy) is 2. The lowest BCUT2D eigenvalue weighted by atomic mass is 10.1. The van der Waals surface area contributed by atoms with Gasteiger partial charge in [-0.15, -0.1) is 0 Å². The van der Waals surface area contributed by atoms with E-state index in [1.165, 1.54) is 70.6 Å². The molecule has 0 saturated carbocycles. The summed E-state index contributed by atoms with van der Waals surface area (Å²) in [6.07, 6.45) is 20.7. The van der Waals surface area contributed by atoms with Crippen molar-refractivity contribution >= 4 is 0 Å². The van der Waals surface area contributed by atoms with Crippen LogP contribution >= 0.6 is 0 Å². The zero-order chi connectivity index (χ0) is 29.0. The number of halogens is 1. The molecular formula is C36H51FN2O2. The van der Waals surface area contributed by atoms with Crippen LogP contribution in [0.15, 0.2) is 60.9 Å². The molecule has 1 aromatic heterocycles. The maximum atomic E-state index is 14.2. The Hall–Kier alpha value is -2.95. The highest BCUT2D eigenvalue weighted by Gasteiger charge is 2.09. The fourth-order valence-corrected chi connectivity index (χ4v) is 4.91. The summed E-state index contributed by atoms with van der Waals surface area (Å²) in [4.78, 5) is 9.16. The zero-order valence-corrected chi connectivity index (χ0v) is 25.5. The molecular weight excluding hydrogens is 511 g/mol. The molecule has 1 atom stereocenters. The average molecular weight is 563 g/mol. The third-order valence-corrected chi connectivity index (χ3v) is 7.52. The summed E-state index contributed by atoms with van der Waals surface area (Å²) in [5.41, 5.74) is 2.89. The van der Waals surface area contributed by atoms with Crippen molar-refractivity contribution in [1.29, 1.82) is 0 Å². The van der Waals surface area contributed by atoms with Gasteiger partial charge in [0.15, 0.2) is 5.82 Å². The Labute approximate surface area is 248 Å². The summed E-state index contributed by atoms with van der Waals surface area (Å²) in [6.45, 7) is 5.33. The Balaban J connectivity index is 1.36. The Bertz CT molecular complexity index is 1050. The van der Waals surface area contributed by atoms with Crippen LogP contribution in [0.4, 0.5) is 4.39 Å². The molecule has 0 aliphatic carbocycles. The first-order chi connectivity index (χ1) is 20.2. The molecule has 0 amide bonds. The van der Waals surface area contributed by atoms with E-state index in [0.717, 1.165) is 48.3 Å². The SMILES string of the molecule is CCCCCCCCCCOc1ccc(-c2ncc(-c3ccc(OCC(F)CCCCCCCC)cc3)cn2)cc1. The molecule has 0 spiro atoms. The minimum Gasteiger partial charge on any atom is -0.494 e. The number of benzene rings is 2. The van der Waals surface area contributed by atoms with Crippen LogP contribution in [0, 0.1) is 0 Å². The van der Waals surface area contributed by atoms with Crippen LogP contribution in [-0.4, -0.2) is 29.4 Å². The van der Waals surface area contributed by atoms with Crippen LogP contribution in [0.2, 0.25) is 0 Å². The summed E-state index contributed by atoms with van der Waals surface area (Å²) >= 11 is 0. The molecule has 4 nitrogen and oxygen atoms in total. The third kappa shape index (κ3) is 13.1. The normalized spacial score (nSPS) is 11.9. The highest BCUT2D eigenvalue weighted by Crippen LogP contribution is 2.24. The quantitative estimate of drug-likeness (QED) is 0.114. The van der Waals surface area contributed by atoms with E-state index in [1.54, 1.807) is 0 Å². The van der Waals surface area contributed by atoms with Crippen molar-refractivity contribution in [2.24, 2.45) is 0 Å². The number of nitrogens with zero attached hydrogens (tertiary/aromatic N) is 2. The highest BCUT2D eigenvalue weighted by molar-refractivity contribution is 5.64. The van der Waals surface area contributed by atoms with Crippen molar-refractivity contribution in [1.82, 2.24) is 9.97 Å². The standard InChI is InChI=1S/C36H51FN2O2/c1-3-5-7-9-11-12-14-16-26-40-34-24-20-31(21-25-34)36-38-27-32(28-39-36)30-18-22-35(23-19-30)41-29-33(37)17-15-13-10-8-6-4-2/h18-25,27-28,33H,3-17,26,29H2,1-2H3. The molecule has 0 N–H and O–H groups in total. The predicted molar refractivity (Wildman–Crippen MR) is 169 cm³/mol. The van der Waals surface area contributed by atoms with Crippen molar-refractivity contribution in [3.8, 4) is 34.0 Å². The van der Waals surface area contributed by atoms with Gasteiger partial charge in [0, 0.05) is 23.5 Å². The predicted octanol–water partition coefficient (Wildman–Crippen LogP) is 10.8. The Kier molecular flexibility index (Phi) is 15.9. The van der Waals surface area contributed by atoms with Gasteiger partial charge in [0.1, 0.15) is 24.3 Å². The molecule has 0 bridgehead atoms. The monoisotopic (exact) mass is 562 g/mol. The van der Waals surface area contributed by atoms with Gasteiger partial charge in [-0.1, -0.05) is 109 Å². The summed E-state index contributed by atoms with van der Waals surface area (Å²) in [7, 11) is 0. The molecule has 5 heteroatoms. The van der Waals surface area contributed by atoms with Gasteiger partial charge in [0.25, 0.3) is 0 Å². The van der Waals surface area contributed by atoms with Gasteiger partial charge in [-0.25, -0.2) is 14.4 Å². The van der Waals surface area contributed by atoms with E-state index in [2.05, 4.69) is 23.8 Å². The minimum absolute atomic E-state index is 0.106. The second kappa shape index (κ2) is 20.0. The van der Waals surface area contributed by atoms with Crippen LogP contribution in [0.1, 0.15) is 110 Å². The maximum Gasteiger partial charge on any atom is 0.159 e. The van der Waals surface area contributed by atoms with Gasteiger partial charge >= 0.3 is 0 Å². The zero-order valence-electron chi connectivity index (χ0n) is 25.5. The first-order valence-electron chi connectivity index (χ1n) is 16.1. The molecule has 1 unspecified atom stereocenters. The van der Waals surface area contributed by atoms with Crippen molar-refractivity contribution in [2.45, 2.75) is 116 Å². The summed E-state index contributed by atoms with van der Waals surface area (Å²) in [6, 6.07) is 15.7. The lowest BCUT2D eigenvalue weighted by Crippen LogP contribution is -2.12. The Morgan fingerprint density at radius 1 is 0.561 bits per heavy atom. The van der Waals surface area contributed by atoms with Crippen LogP contribution in [0.3, 0.4) is 0 Å². The number of hydrogen-bond acceptors (Lipinski definition) is 4. The van der Waals surface area contributed by atoms with Gasteiger partial charge < -0.3 is 9.47 Å². The first kappa shape index (κ1) is 32.6. The van der Waals surface area contributed by atoms with Gasteiger partial charge in [-0.05, 0) is 54.8 Å². The lowest BCUT2D eigenvalue weighted by molar-refractivity contribution is 0.184. The molecule has 1 heterocycles. The van der Waals surface area contributed by atoms with Crippen molar-refractivity contribution in [3.63, 3.8) is 0 Å². The molecule has 41 heavy (non-hydrogen) atoms. The number of rotatable bonds is 22. The van der Waals surface area contributed by atoms with Gasteiger partial charge in [-0.3, -0.25) is 0 Å². The van der Waals surface area contributed by atoms with E-state index in [1.807, 2.05) is 60.9 Å². The van der Waals surface area contributed by atoms with Gasteiger partial charge in [0.05, 0.1) is 6.61 Å². The van der Waals surface area contributed by atoms with Crippen LogP contribution < -0.4 is 9.47 Å². The molecule has 0 radical (unpaired) electrons. The van der Waals surface area contributed by atoms with E-state index in [0.29, 0.717) is 18.0 Å². The first-order valence-corrected chi connectivity index (χ1v) is 16.1. The van der Waals surface area contributed by atoms with E-state index in [-0.39, 0.29) is 6.61 Å². The maximum absolute atomic E-state index is 14.2. The third-order valence-electron chi connectivity index (χ3n) is 7.52. The van der Waals surface area contributed by atoms with Crippen LogP contribution in [0.25, 0.3) is 22.5 Å². The Morgan fingerprint density at radius 3 is 1.63 bits per heavy atom. The average Bonchev–Trinajstić information content (AvgIpc) is 3.01. The topological polar surface area (TPSA) is 44.2 Å². The number of alkyl halides is 1. The largest absolute Gasteiger partial charge is 0.494 e. The summed E-state index contributed by atoms with van der Waals surface area (Å²) in [5.74, 6) is 2.25. The fraction of sp³-hybridized carbons (Fsp3) is 0.556. The van der Waals surface area contributed by atoms with E-state index >= 15 is 0 Å². The molecule has 0 aliphatic rings. The second-order valence-electron chi connectivity index (χ2n) is 11.1. The number of unbranched alkanes of at least 4 members (excludes halogenated alkanes) is 12. The van der Waals surface area contributed by atoms with Crippen molar-refractivity contribution in [3.05, 3.63) is 60.9 Å². The van der Waals surface area contributed by atoms with E-state index in [4.69, 9.17) is 9.47 Å². The second-order valence-corrected chi connectivity index (χ2v) is 11.1. The number of hydrogen-bond donors (Lipinski definition) is 0. The van der Waals surface area contributed by atoms with E-state index in [9.17, 15) is 4.39 Å². The summed E-state index contributed by atoms with van der Waals surface area (Å²) in [5, 5.41) is 0. The van der Waals surface area contributed by atoms with Crippen LogP contribution in [0.5, 0.6) is 11.5 Å². The molecule has 3 rings (SSSR count). The Morgan fingerprint density at radius 2 is 1.05 bits per heavy atom. The van der Waals surface area contributed by atoms with Gasteiger partial charge in [0.2, 0.25) is 0 Å². The molecule has 3 aromatic rings. The lowest BCUT2D eigenvalue weighted by Gasteiger charge is -2.11. The van der Waals surface area contributed by atoms with Crippen LogP contribution in [-0.2, 0) is 0 Å². The van der Waals surface area contributed by atoms with Crippen molar-refractivity contribution in [2.75, 3.05) is 13.2 Å². The highest BCUT2D eigenvalue weighted by atomic mass is 19.1. The number of aromatic nitrogens is 2.